The maximum Gasteiger partial charge on any atom is 0.199 e. The number of aromatic amines is 1. The molecule has 1 aromatic carbocycles. The molecular weight excluding hydrogens is 244 g/mol. The van der Waals surface area contributed by atoms with Crippen LogP contribution in [0, 0.1) is 23.0 Å². The highest BCUT2D eigenvalue weighted by Crippen LogP contribution is 2.22. The fourth-order valence-corrected chi connectivity index (χ4v) is 1.89. The molecule has 4 nitrogen and oxygen atoms in total. The molecule has 0 spiro atoms. The topological polar surface area (TPSA) is 57.4 Å². The largest absolute Gasteiger partial charge is 0.271 e. The van der Waals surface area contributed by atoms with Gasteiger partial charge in [0, 0.05) is 0 Å². The van der Waals surface area contributed by atoms with E-state index in [0.29, 0.717) is 26.9 Å². The van der Waals surface area contributed by atoms with Gasteiger partial charge in [0.2, 0.25) is 0 Å². The number of benzene rings is 1. The predicted molar refractivity (Wildman–Crippen MR) is 63.2 cm³/mol. The van der Waals surface area contributed by atoms with E-state index in [0.717, 1.165) is 0 Å². The number of hydrogen-bond donors (Lipinski definition) is 1. The Bertz CT molecular complexity index is 635. The van der Waals surface area contributed by atoms with Crippen molar-refractivity contribution < 1.29 is 0 Å². The molecule has 80 valence electrons. The van der Waals surface area contributed by atoms with Gasteiger partial charge in [-0.15, -0.1) is 0 Å². The Balaban J connectivity index is 2.74. The SMILES string of the molecule is Cc1n[nH]c(=S)n1-c1cc(C#N)ccc1Cl. The van der Waals surface area contributed by atoms with E-state index in [4.69, 9.17) is 29.1 Å². The first-order chi connectivity index (χ1) is 7.63. The van der Waals surface area contributed by atoms with E-state index in [1.54, 1.807) is 22.8 Å². The van der Waals surface area contributed by atoms with Crippen molar-refractivity contribution >= 4 is 23.8 Å². The highest BCUT2D eigenvalue weighted by atomic mass is 35.5. The van der Waals surface area contributed by atoms with Crippen LogP contribution in [0.1, 0.15) is 11.4 Å². The molecule has 0 aliphatic heterocycles. The number of nitrogens with one attached hydrogen (secondary N) is 1. The molecule has 1 aromatic heterocycles. The molecule has 0 saturated carbocycles. The van der Waals surface area contributed by atoms with Crippen molar-refractivity contribution in [3.8, 4) is 11.8 Å². The molecule has 16 heavy (non-hydrogen) atoms. The molecule has 2 rings (SSSR count). The van der Waals surface area contributed by atoms with E-state index in [-0.39, 0.29) is 0 Å². The van der Waals surface area contributed by atoms with Crippen LogP contribution >= 0.6 is 23.8 Å². The highest BCUT2D eigenvalue weighted by Gasteiger charge is 2.08. The minimum atomic E-state index is 0.453. The van der Waals surface area contributed by atoms with Crippen molar-refractivity contribution in [2.75, 3.05) is 0 Å². The van der Waals surface area contributed by atoms with E-state index < -0.39 is 0 Å². The van der Waals surface area contributed by atoms with Crippen LogP contribution in [0.5, 0.6) is 0 Å². The Morgan fingerprint density at radius 2 is 2.31 bits per heavy atom. The van der Waals surface area contributed by atoms with E-state index in [9.17, 15) is 0 Å². The summed E-state index contributed by atoms with van der Waals surface area (Å²) in [6, 6.07) is 7.07. The van der Waals surface area contributed by atoms with Gasteiger partial charge in [-0.05, 0) is 37.3 Å². The first-order valence-corrected chi connectivity index (χ1v) is 5.26. The fraction of sp³-hybridized carbons (Fsp3) is 0.100. The summed E-state index contributed by atoms with van der Waals surface area (Å²) < 4.78 is 2.15. The quantitative estimate of drug-likeness (QED) is 0.792. The van der Waals surface area contributed by atoms with Gasteiger partial charge in [0.05, 0.1) is 22.3 Å². The summed E-state index contributed by atoms with van der Waals surface area (Å²) in [6.45, 7) is 1.81. The first kappa shape index (κ1) is 10.9. The smallest absolute Gasteiger partial charge is 0.199 e. The van der Waals surface area contributed by atoms with E-state index >= 15 is 0 Å². The molecule has 1 heterocycles. The first-order valence-electron chi connectivity index (χ1n) is 4.47. The Labute approximate surface area is 102 Å². The van der Waals surface area contributed by atoms with Gasteiger partial charge in [-0.1, -0.05) is 11.6 Å². The third-order valence-corrected chi connectivity index (χ3v) is 2.75. The zero-order valence-electron chi connectivity index (χ0n) is 8.36. The number of aryl methyl sites for hydroxylation is 1. The zero-order chi connectivity index (χ0) is 11.7. The van der Waals surface area contributed by atoms with Gasteiger partial charge in [0.15, 0.2) is 4.77 Å². The number of H-pyrrole nitrogens is 1. The zero-order valence-corrected chi connectivity index (χ0v) is 9.93. The lowest BCUT2D eigenvalue weighted by molar-refractivity contribution is 0.963. The molecule has 0 unspecified atom stereocenters. The Hall–Kier alpha value is -1.64. The maximum atomic E-state index is 8.84. The third kappa shape index (κ3) is 1.73. The van der Waals surface area contributed by atoms with Crippen LogP contribution in [0.3, 0.4) is 0 Å². The van der Waals surface area contributed by atoms with Gasteiger partial charge < -0.3 is 0 Å². The van der Waals surface area contributed by atoms with Crippen LogP contribution < -0.4 is 0 Å². The fourth-order valence-electron chi connectivity index (χ4n) is 1.41. The van der Waals surface area contributed by atoms with Crippen LogP contribution in [-0.2, 0) is 0 Å². The number of nitrogens with zero attached hydrogens (tertiary/aromatic N) is 3. The van der Waals surface area contributed by atoms with Crippen LogP contribution in [0.15, 0.2) is 18.2 Å². The molecule has 2 aromatic rings. The number of nitriles is 1. The minimum absolute atomic E-state index is 0.453. The lowest BCUT2D eigenvalue weighted by atomic mass is 10.2. The number of hydrogen-bond acceptors (Lipinski definition) is 3. The van der Waals surface area contributed by atoms with Gasteiger partial charge in [-0.3, -0.25) is 9.67 Å². The molecule has 1 N–H and O–H groups in total. The van der Waals surface area contributed by atoms with Crippen LogP contribution in [0.2, 0.25) is 5.02 Å². The second kappa shape index (κ2) is 4.08. The van der Waals surface area contributed by atoms with Gasteiger partial charge in [0.1, 0.15) is 5.82 Å². The van der Waals surface area contributed by atoms with Crippen molar-refractivity contribution in [1.82, 2.24) is 14.8 Å². The average molecular weight is 251 g/mol. The van der Waals surface area contributed by atoms with E-state index in [1.165, 1.54) is 0 Å². The van der Waals surface area contributed by atoms with Gasteiger partial charge in [-0.25, -0.2) is 0 Å². The third-order valence-electron chi connectivity index (χ3n) is 2.16. The Kier molecular flexibility index (Phi) is 2.77. The van der Waals surface area contributed by atoms with Crippen LogP contribution in [0.4, 0.5) is 0 Å². The molecule has 0 aliphatic carbocycles. The molecule has 0 saturated heterocycles. The molecule has 0 amide bonds. The van der Waals surface area contributed by atoms with Crippen molar-refractivity contribution in [1.29, 1.82) is 5.26 Å². The summed E-state index contributed by atoms with van der Waals surface area (Å²) >= 11 is 11.2. The second-order valence-electron chi connectivity index (χ2n) is 3.19. The monoisotopic (exact) mass is 250 g/mol. The molecular formula is C10H7ClN4S. The highest BCUT2D eigenvalue weighted by molar-refractivity contribution is 7.71. The van der Waals surface area contributed by atoms with Gasteiger partial charge in [0.25, 0.3) is 0 Å². The summed E-state index contributed by atoms with van der Waals surface area (Å²) in [5.41, 5.74) is 1.19. The summed E-state index contributed by atoms with van der Waals surface area (Å²) in [7, 11) is 0. The normalized spacial score (nSPS) is 10.1. The molecule has 6 heteroatoms. The second-order valence-corrected chi connectivity index (χ2v) is 3.98. The van der Waals surface area contributed by atoms with Crippen molar-refractivity contribution in [2.24, 2.45) is 0 Å². The minimum Gasteiger partial charge on any atom is -0.271 e. The summed E-state index contributed by atoms with van der Waals surface area (Å²) in [5, 5.41) is 16.0. The lowest BCUT2D eigenvalue weighted by Crippen LogP contribution is -1.98. The van der Waals surface area contributed by atoms with Gasteiger partial charge in [-0.2, -0.15) is 10.4 Å². The Morgan fingerprint density at radius 1 is 1.56 bits per heavy atom. The van der Waals surface area contributed by atoms with E-state index in [2.05, 4.69) is 16.3 Å². The summed E-state index contributed by atoms with van der Waals surface area (Å²) in [4.78, 5) is 0. The van der Waals surface area contributed by atoms with E-state index in [1.807, 2.05) is 6.92 Å². The molecule has 0 atom stereocenters. The maximum absolute atomic E-state index is 8.84. The molecule has 0 bridgehead atoms. The predicted octanol–water partition coefficient (Wildman–Crippen LogP) is 2.76. The van der Waals surface area contributed by atoms with Gasteiger partial charge >= 0.3 is 0 Å². The number of halogens is 1. The number of rotatable bonds is 1. The average Bonchev–Trinajstić information content (AvgIpc) is 2.60. The Morgan fingerprint density at radius 3 is 2.88 bits per heavy atom. The van der Waals surface area contributed by atoms with Crippen LogP contribution in [-0.4, -0.2) is 14.8 Å². The van der Waals surface area contributed by atoms with Crippen molar-refractivity contribution in [3.63, 3.8) is 0 Å². The van der Waals surface area contributed by atoms with Crippen molar-refractivity contribution in [3.05, 3.63) is 39.4 Å². The molecule has 0 fully saturated rings. The lowest BCUT2D eigenvalue weighted by Gasteiger charge is -2.06. The summed E-state index contributed by atoms with van der Waals surface area (Å²) in [6.07, 6.45) is 0. The summed E-state index contributed by atoms with van der Waals surface area (Å²) in [5.74, 6) is 0.696. The van der Waals surface area contributed by atoms with Crippen LogP contribution in [0.25, 0.3) is 5.69 Å². The molecule has 0 aliphatic rings. The standard InChI is InChI=1S/C10H7ClN4S/c1-6-13-14-10(16)15(6)9-4-7(5-12)2-3-8(9)11/h2-4H,1H3,(H,14,16). The van der Waals surface area contributed by atoms with Crippen molar-refractivity contribution in [2.45, 2.75) is 6.92 Å². The number of aromatic nitrogens is 3. The molecule has 0 radical (unpaired) electrons.